The van der Waals surface area contributed by atoms with E-state index in [2.05, 4.69) is 24.9 Å². The molecule has 9 heteroatoms. The van der Waals surface area contributed by atoms with Crippen LogP contribution in [0, 0.1) is 0 Å². The van der Waals surface area contributed by atoms with E-state index in [1.165, 1.54) is 0 Å². The van der Waals surface area contributed by atoms with Crippen molar-refractivity contribution in [2.24, 2.45) is 0 Å². The van der Waals surface area contributed by atoms with Crippen LogP contribution in [0.25, 0.3) is 17.1 Å². The zero-order chi connectivity index (χ0) is 16.7. The van der Waals surface area contributed by atoms with Crippen molar-refractivity contribution in [3.63, 3.8) is 0 Å². The molecule has 0 aliphatic rings. The number of hydrogen-bond acceptors (Lipinski definition) is 6. The Bertz CT molecular complexity index is 805. The third-order valence-corrected chi connectivity index (χ3v) is 2.96. The number of nitrogens with one attached hydrogen (secondary N) is 1. The number of nitrogen functional groups attached to an aromatic ring is 1. The summed E-state index contributed by atoms with van der Waals surface area (Å²) in [5, 5.41) is 1.39. The van der Waals surface area contributed by atoms with Gasteiger partial charge in [-0.3, -0.25) is 0 Å². The molecular formula is C14H14Cl2N6O. The predicted molar refractivity (Wildman–Crippen MR) is 91.0 cm³/mol. The van der Waals surface area contributed by atoms with Crippen LogP contribution in [0.5, 0.6) is 0 Å². The molecule has 3 rings (SSSR count). The lowest BCUT2D eigenvalue weighted by Gasteiger charge is -1.98. The van der Waals surface area contributed by atoms with Gasteiger partial charge in [0.15, 0.2) is 0 Å². The van der Waals surface area contributed by atoms with Crippen molar-refractivity contribution in [3.05, 3.63) is 47.0 Å². The minimum Gasteiger partial charge on any atom is -0.501 e. The molecule has 0 amide bonds. The Labute approximate surface area is 142 Å². The smallest absolute Gasteiger partial charge is 0.224 e. The molecule has 0 atom stereocenters. The van der Waals surface area contributed by atoms with Gasteiger partial charge in [0.1, 0.15) is 11.5 Å². The highest BCUT2D eigenvalue weighted by molar-refractivity contribution is 6.28. The van der Waals surface area contributed by atoms with E-state index in [1.807, 2.05) is 13.0 Å². The van der Waals surface area contributed by atoms with E-state index in [4.69, 9.17) is 33.7 Å². The Balaban J connectivity index is 0.000000172. The lowest BCUT2D eigenvalue weighted by Crippen LogP contribution is -1.95. The van der Waals surface area contributed by atoms with Crippen LogP contribution < -0.4 is 5.73 Å². The third-order valence-electron chi connectivity index (χ3n) is 2.60. The van der Waals surface area contributed by atoms with Gasteiger partial charge >= 0.3 is 0 Å². The highest BCUT2D eigenvalue weighted by atomic mass is 35.5. The first-order valence-electron chi connectivity index (χ1n) is 6.62. The standard InChI is InChI=1S/C8H10ClN3O.C6H4ClN3/c1-2-13-4-3-6-5-11-8(9)12-7(6)10;7-6-9-3-4-1-2-8-5(4)10-6/h3-5H,2H2,1H3,(H2,10,11,12);1-3H,(H,8,9,10)/b4-3+;. The van der Waals surface area contributed by atoms with E-state index >= 15 is 0 Å². The molecule has 3 N–H and O–H groups in total. The molecule has 3 aromatic heterocycles. The van der Waals surface area contributed by atoms with Crippen molar-refractivity contribution < 1.29 is 4.74 Å². The van der Waals surface area contributed by atoms with Gasteiger partial charge in [-0.25, -0.2) is 15.0 Å². The van der Waals surface area contributed by atoms with Gasteiger partial charge < -0.3 is 15.5 Å². The minimum absolute atomic E-state index is 0.144. The maximum atomic E-state index is 5.56. The Morgan fingerprint density at radius 2 is 1.96 bits per heavy atom. The SMILES string of the molecule is CCO/C=C/c1cnc(Cl)nc1N.Clc1ncc2cc[nH]c2n1. The summed E-state index contributed by atoms with van der Waals surface area (Å²) < 4.78 is 5.00. The van der Waals surface area contributed by atoms with Gasteiger partial charge in [-0.2, -0.15) is 4.98 Å². The molecule has 0 radical (unpaired) electrons. The van der Waals surface area contributed by atoms with Crippen LogP contribution in [-0.2, 0) is 4.74 Å². The second-order valence-corrected chi connectivity index (χ2v) is 4.83. The van der Waals surface area contributed by atoms with E-state index < -0.39 is 0 Å². The van der Waals surface area contributed by atoms with Crippen LogP contribution in [0.15, 0.2) is 30.9 Å². The fraction of sp³-hybridized carbons (Fsp3) is 0.143. The van der Waals surface area contributed by atoms with Crippen LogP contribution in [0.2, 0.25) is 10.6 Å². The van der Waals surface area contributed by atoms with E-state index in [0.29, 0.717) is 18.0 Å². The summed E-state index contributed by atoms with van der Waals surface area (Å²) >= 11 is 11.1. The molecule has 0 spiro atoms. The fourth-order valence-electron chi connectivity index (χ4n) is 1.55. The summed E-state index contributed by atoms with van der Waals surface area (Å²) in [6, 6.07) is 1.89. The first kappa shape index (κ1) is 17.0. The number of anilines is 1. The Hall–Kier alpha value is -2.38. The van der Waals surface area contributed by atoms with Gasteiger partial charge in [-0.05, 0) is 42.3 Å². The highest BCUT2D eigenvalue weighted by Gasteiger charge is 1.98. The van der Waals surface area contributed by atoms with Crippen LogP contribution in [0.4, 0.5) is 5.82 Å². The van der Waals surface area contributed by atoms with E-state index in [0.717, 1.165) is 11.0 Å². The average Bonchev–Trinajstić information content (AvgIpc) is 2.98. The zero-order valence-electron chi connectivity index (χ0n) is 12.2. The van der Waals surface area contributed by atoms with Crippen molar-refractivity contribution >= 4 is 46.1 Å². The average molecular weight is 353 g/mol. The number of aromatic nitrogens is 5. The predicted octanol–water partition coefficient (Wildman–Crippen LogP) is 3.33. The number of rotatable bonds is 3. The molecule has 0 saturated carbocycles. The first-order chi connectivity index (χ1) is 11.1. The molecule has 0 fully saturated rings. The molecule has 3 heterocycles. The number of ether oxygens (including phenoxy) is 1. The molecule has 0 aromatic carbocycles. The van der Waals surface area contributed by atoms with Crippen molar-refractivity contribution in [2.45, 2.75) is 6.92 Å². The lowest BCUT2D eigenvalue weighted by atomic mass is 10.3. The van der Waals surface area contributed by atoms with Gasteiger partial charge in [0, 0.05) is 29.5 Å². The van der Waals surface area contributed by atoms with Crippen LogP contribution in [-0.4, -0.2) is 31.5 Å². The van der Waals surface area contributed by atoms with E-state index in [9.17, 15) is 0 Å². The van der Waals surface area contributed by atoms with Crippen molar-refractivity contribution in [1.82, 2.24) is 24.9 Å². The summed E-state index contributed by atoms with van der Waals surface area (Å²) in [7, 11) is 0. The number of aromatic amines is 1. The Morgan fingerprint density at radius 3 is 2.70 bits per heavy atom. The Kier molecular flexibility index (Phi) is 6.13. The molecule has 0 unspecified atom stereocenters. The van der Waals surface area contributed by atoms with Crippen LogP contribution >= 0.6 is 23.2 Å². The molecule has 3 aromatic rings. The molecule has 0 aliphatic carbocycles. The summed E-state index contributed by atoms with van der Waals surface area (Å²) in [6.45, 7) is 2.51. The molecule has 0 bridgehead atoms. The number of nitrogens with two attached hydrogens (primary N) is 1. The molecule has 120 valence electrons. The maximum Gasteiger partial charge on any atom is 0.224 e. The summed E-state index contributed by atoms with van der Waals surface area (Å²) in [4.78, 5) is 18.2. The first-order valence-corrected chi connectivity index (χ1v) is 7.37. The number of halogens is 2. The number of hydrogen-bond donors (Lipinski definition) is 2. The summed E-state index contributed by atoms with van der Waals surface area (Å²) in [5.41, 5.74) is 7.03. The maximum absolute atomic E-state index is 5.56. The molecule has 7 nitrogen and oxygen atoms in total. The minimum atomic E-state index is 0.144. The Morgan fingerprint density at radius 1 is 1.22 bits per heavy atom. The molecule has 0 saturated heterocycles. The van der Waals surface area contributed by atoms with Crippen LogP contribution in [0.1, 0.15) is 12.5 Å². The largest absolute Gasteiger partial charge is 0.501 e. The van der Waals surface area contributed by atoms with E-state index in [1.54, 1.807) is 30.9 Å². The van der Waals surface area contributed by atoms with Crippen LogP contribution in [0.3, 0.4) is 0 Å². The van der Waals surface area contributed by atoms with E-state index in [-0.39, 0.29) is 10.6 Å². The monoisotopic (exact) mass is 352 g/mol. The topological polar surface area (TPSA) is 103 Å². The molecule has 0 aliphatic heterocycles. The molecule has 23 heavy (non-hydrogen) atoms. The number of nitrogens with zero attached hydrogens (tertiary/aromatic N) is 4. The van der Waals surface area contributed by atoms with Gasteiger partial charge in [0.05, 0.1) is 12.9 Å². The number of H-pyrrole nitrogens is 1. The molecular weight excluding hydrogens is 339 g/mol. The van der Waals surface area contributed by atoms with Crippen molar-refractivity contribution in [2.75, 3.05) is 12.3 Å². The normalized spacial score (nSPS) is 10.6. The van der Waals surface area contributed by atoms with Crippen molar-refractivity contribution in [3.8, 4) is 0 Å². The third kappa shape index (κ3) is 5.08. The van der Waals surface area contributed by atoms with Gasteiger partial charge in [-0.15, -0.1) is 0 Å². The second-order valence-electron chi connectivity index (χ2n) is 4.16. The quantitative estimate of drug-likeness (QED) is 0.553. The second kappa shape index (κ2) is 8.30. The van der Waals surface area contributed by atoms with Gasteiger partial charge in [0.2, 0.25) is 10.6 Å². The van der Waals surface area contributed by atoms with Gasteiger partial charge in [0.25, 0.3) is 0 Å². The highest BCUT2D eigenvalue weighted by Crippen LogP contribution is 2.11. The van der Waals surface area contributed by atoms with Gasteiger partial charge in [-0.1, -0.05) is 0 Å². The fourth-order valence-corrected chi connectivity index (χ4v) is 1.82. The summed E-state index contributed by atoms with van der Waals surface area (Å²) in [5.74, 6) is 0.343. The zero-order valence-corrected chi connectivity index (χ0v) is 13.7. The lowest BCUT2D eigenvalue weighted by molar-refractivity contribution is 0.272. The summed E-state index contributed by atoms with van der Waals surface area (Å²) in [6.07, 6.45) is 8.26. The van der Waals surface area contributed by atoms with Crippen molar-refractivity contribution in [1.29, 1.82) is 0 Å². The number of fused-ring (bicyclic) bond motifs is 1.